The van der Waals surface area contributed by atoms with E-state index in [2.05, 4.69) is 23.6 Å². The van der Waals surface area contributed by atoms with Crippen molar-refractivity contribution in [3.63, 3.8) is 0 Å². The first kappa shape index (κ1) is 15.9. The van der Waals surface area contributed by atoms with Crippen LogP contribution >= 0.6 is 0 Å². The summed E-state index contributed by atoms with van der Waals surface area (Å²) < 4.78 is 5.26. The van der Waals surface area contributed by atoms with Gasteiger partial charge in [0.2, 0.25) is 0 Å². The van der Waals surface area contributed by atoms with Gasteiger partial charge in [0.05, 0.1) is 6.61 Å². The van der Waals surface area contributed by atoms with Crippen LogP contribution < -0.4 is 5.73 Å². The predicted molar refractivity (Wildman–Crippen MR) is 76.9 cm³/mol. The van der Waals surface area contributed by atoms with Gasteiger partial charge in [0.25, 0.3) is 0 Å². The third-order valence-corrected chi connectivity index (χ3v) is 4.08. The molecule has 0 saturated carbocycles. The molecule has 0 amide bonds. The van der Waals surface area contributed by atoms with Crippen LogP contribution in [0.5, 0.6) is 0 Å². The summed E-state index contributed by atoms with van der Waals surface area (Å²) in [4.78, 5) is 5.19. The van der Waals surface area contributed by atoms with Crippen LogP contribution in [0.1, 0.15) is 33.1 Å². The lowest BCUT2D eigenvalue weighted by Crippen LogP contribution is -2.41. The molecule has 0 aromatic carbocycles. The van der Waals surface area contributed by atoms with Crippen LogP contribution in [-0.2, 0) is 4.74 Å². The topological polar surface area (TPSA) is 41.7 Å². The summed E-state index contributed by atoms with van der Waals surface area (Å²) in [6.45, 7) is 10.9. The quantitative estimate of drug-likeness (QED) is 0.743. The van der Waals surface area contributed by atoms with E-state index in [-0.39, 0.29) is 0 Å². The molecular weight excluding hydrogens is 226 g/mol. The minimum atomic E-state index is 0.532. The molecule has 2 unspecified atom stereocenters. The van der Waals surface area contributed by atoms with Crippen molar-refractivity contribution in [3.8, 4) is 0 Å². The summed E-state index contributed by atoms with van der Waals surface area (Å²) >= 11 is 0. The Morgan fingerprint density at radius 1 is 1.17 bits per heavy atom. The van der Waals surface area contributed by atoms with Gasteiger partial charge in [-0.05, 0) is 45.8 Å². The maximum Gasteiger partial charge on any atom is 0.0615 e. The van der Waals surface area contributed by atoms with Gasteiger partial charge in [-0.2, -0.15) is 0 Å². The van der Waals surface area contributed by atoms with Gasteiger partial charge in [-0.1, -0.05) is 6.92 Å². The van der Waals surface area contributed by atoms with Crippen LogP contribution in [0.4, 0.5) is 0 Å². The number of hydrogen-bond donors (Lipinski definition) is 1. The molecule has 0 bridgehead atoms. The molecule has 0 aromatic heterocycles. The fourth-order valence-electron chi connectivity index (χ4n) is 2.95. The van der Waals surface area contributed by atoms with Crippen LogP contribution in [0, 0.1) is 0 Å². The van der Waals surface area contributed by atoms with Crippen LogP contribution in [0.15, 0.2) is 0 Å². The van der Waals surface area contributed by atoms with Crippen LogP contribution in [0.2, 0.25) is 0 Å². The minimum Gasteiger partial charge on any atom is -0.383 e. The number of ether oxygens (including phenoxy) is 1. The molecule has 0 aromatic rings. The maximum atomic E-state index is 5.71. The van der Waals surface area contributed by atoms with Crippen molar-refractivity contribution in [2.75, 3.05) is 46.4 Å². The van der Waals surface area contributed by atoms with E-state index in [0.29, 0.717) is 12.1 Å². The first-order valence-electron chi connectivity index (χ1n) is 7.40. The highest BCUT2D eigenvalue weighted by atomic mass is 16.5. The Labute approximate surface area is 112 Å². The van der Waals surface area contributed by atoms with E-state index in [9.17, 15) is 0 Å². The van der Waals surface area contributed by atoms with Gasteiger partial charge in [0, 0.05) is 32.3 Å². The number of rotatable bonds is 7. The Balaban J connectivity index is 2.44. The van der Waals surface area contributed by atoms with Crippen LogP contribution in [0.3, 0.4) is 0 Å². The lowest BCUT2D eigenvalue weighted by atomic mass is 10.1. The molecule has 1 rings (SSSR count). The molecule has 18 heavy (non-hydrogen) atoms. The standard InChI is InChI=1S/C14H31N3O/c1-4-14(6-7-15)17-9-5-8-16(10-11-17)13(2)12-18-3/h13-14H,4-12,15H2,1-3H3. The lowest BCUT2D eigenvalue weighted by Gasteiger charge is -2.30. The molecular formula is C14H31N3O. The fourth-order valence-corrected chi connectivity index (χ4v) is 2.95. The van der Waals surface area contributed by atoms with E-state index in [1.807, 2.05) is 0 Å². The number of nitrogens with zero attached hydrogens (tertiary/aromatic N) is 2. The highest BCUT2D eigenvalue weighted by molar-refractivity contribution is 4.78. The summed E-state index contributed by atoms with van der Waals surface area (Å²) in [7, 11) is 1.79. The van der Waals surface area contributed by atoms with E-state index in [1.54, 1.807) is 7.11 Å². The van der Waals surface area contributed by atoms with Crippen molar-refractivity contribution in [1.82, 2.24) is 9.80 Å². The van der Waals surface area contributed by atoms with Gasteiger partial charge in [-0.15, -0.1) is 0 Å². The van der Waals surface area contributed by atoms with Gasteiger partial charge in [0.1, 0.15) is 0 Å². The molecule has 0 radical (unpaired) electrons. The predicted octanol–water partition coefficient (Wildman–Crippen LogP) is 1.16. The third kappa shape index (κ3) is 4.84. The molecule has 108 valence electrons. The number of methoxy groups -OCH3 is 1. The molecule has 1 saturated heterocycles. The smallest absolute Gasteiger partial charge is 0.0615 e. The molecule has 4 nitrogen and oxygen atoms in total. The maximum absolute atomic E-state index is 5.71. The Morgan fingerprint density at radius 3 is 2.44 bits per heavy atom. The summed E-state index contributed by atoms with van der Waals surface area (Å²) in [5, 5.41) is 0. The van der Waals surface area contributed by atoms with Crippen molar-refractivity contribution in [3.05, 3.63) is 0 Å². The molecule has 1 heterocycles. The second-order valence-electron chi connectivity index (χ2n) is 5.37. The number of nitrogens with two attached hydrogens (primary N) is 1. The van der Waals surface area contributed by atoms with Crippen molar-refractivity contribution in [2.24, 2.45) is 5.73 Å². The summed E-state index contributed by atoms with van der Waals surface area (Å²) in [6, 6.07) is 1.21. The largest absolute Gasteiger partial charge is 0.383 e. The second kappa shape index (κ2) is 8.86. The first-order valence-corrected chi connectivity index (χ1v) is 7.40. The first-order chi connectivity index (χ1) is 8.72. The molecule has 4 heteroatoms. The molecule has 0 spiro atoms. The molecule has 1 fully saturated rings. The van der Waals surface area contributed by atoms with Crippen molar-refractivity contribution < 1.29 is 4.74 Å². The monoisotopic (exact) mass is 257 g/mol. The van der Waals surface area contributed by atoms with E-state index in [1.165, 1.54) is 32.5 Å². The number of hydrogen-bond acceptors (Lipinski definition) is 4. The van der Waals surface area contributed by atoms with E-state index < -0.39 is 0 Å². The van der Waals surface area contributed by atoms with Gasteiger partial charge in [-0.3, -0.25) is 9.80 Å². The molecule has 1 aliphatic heterocycles. The Hall–Kier alpha value is -0.160. The zero-order valence-electron chi connectivity index (χ0n) is 12.4. The fraction of sp³-hybridized carbons (Fsp3) is 1.00. The van der Waals surface area contributed by atoms with Crippen LogP contribution in [-0.4, -0.2) is 68.3 Å². The van der Waals surface area contributed by atoms with Gasteiger partial charge >= 0.3 is 0 Å². The van der Waals surface area contributed by atoms with Gasteiger partial charge in [-0.25, -0.2) is 0 Å². The van der Waals surface area contributed by atoms with Crippen molar-refractivity contribution in [1.29, 1.82) is 0 Å². The summed E-state index contributed by atoms with van der Waals surface area (Å²) in [6.07, 6.45) is 3.60. The minimum absolute atomic E-state index is 0.532. The zero-order valence-corrected chi connectivity index (χ0v) is 12.4. The zero-order chi connectivity index (χ0) is 13.4. The highest BCUT2D eigenvalue weighted by Gasteiger charge is 2.22. The second-order valence-corrected chi connectivity index (χ2v) is 5.37. The normalized spacial score (nSPS) is 22.7. The summed E-state index contributed by atoms with van der Waals surface area (Å²) in [5.74, 6) is 0. The van der Waals surface area contributed by atoms with Crippen LogP contribution in [0.25, 0.3) is 0 Å². The lowest BCUT2D eigenvalue weighted by molar-refractivity contribution is 0.0990. The van der Waals surface area contributed by atoms with Crippen molar-refractivity contribution >= 4 is 0 Å². The van der Waals surface area contributed by atoms with Crippen molar-refractivity contribution in [2.45, 2.75) is 45.2 Å². The molecule has 1 aliphatic rings. The molecule has 2 atom stereocenters. The summed E-state index contributed by atoms with van der Waals surface area (Å²) in [5.41, 5.74) is 5.71. The van der Waals surface area contributed by atoms with E-state index >= 15 is 0 Å². The SMILES string of the molecule is CCC(CCN)N1CCCN(C(C)COC)CC1. The third-order valence-electron chi connectivity index (χ3n) is 4.08. The Morgan fingerprint density at radius 2 is 1.83 bits per heavy atom. The average molecular weight is 257 g/mol. The van der Waals surface area contributed by atoms with Gasteiger partial charge in [0.15, 0.2) is 0 Å². The van der Waals surface area contributed by atoms with E-state index in [4.69, 9.17) is 10.5 Å². The Kier molecular flexibility index (Phi) is 7.82. The molecule has 2 N–H and O–H groups in total. The van der Waals surface area contributed by atoms with Gasteiger partial charge < -0.3 is 10.5 Å². The highest BCUT2D eigenvalue weighted by Crippen LogP contribution is 2.13. The Bertz CT molecular complexity index is 213. The average Bonchev–Trinajstić information content (AvgIpc) is 2.62. The van der Waals surface area contributed by atoms with E-state index in [0.717, 1.165) is 26.1 Å². The molecule has 0 aliphatic carbocycles.